The summed E-state index contributed by atoms with van der Waals surface area (Å²) >= 11 is 9.33. The monoisotopic (exact) mass is 394 g/mol. The van der Waals surface area contributed by atoms with E-state index in [1.165, 1.54) is 24.8 Å². The van der Waals surface area contributed by atoms with Crippen LogP contribution in [-0.4, -0.2) is 28.0 Å². The van der Waals surface area contributed by atoms with Gasteiger partial charge in [-0.05, 0) is 85.5 Å². The minimum Gasteiger partial charge on any atom is -0.392 e. The van der Waals surface area contributed by atoms with E-state index in [0.717, 1.165) is 31.4 Å². The smallest absolute Gasteiger partial charge is 0.155 e. The third kappa shape index (κ3) is 2.76. The number of ketones is 1. The van der Waals surface area contributed by atoms with Crippen molar-refractivity contribution in [3.63, 3.8) is 0 Å². The number of hydrogen-bond donors (Lipinski definition) is 3. The molecule has 3 saturated carbocycles. The average molecular weight is 395 g/mol. The number of hydrogen-bond acceptors (Lipinski definition) is 4. The highest BCUT2D eigenvalue weighted by molar-refractivity contribution is 7.84. The lowest BCUT2D eigenvalue weighted by Crippen LogP contribution is -2.53. The number of allylic oxidation sites excluding steroid dienone is 1. The van der Waals surface area contributed by atoms with Crippen LogP contribution in [0.4, 0.5) is 0 Å². The highest BCUT2D eigenvalue weighted by Crippen LogP contribution is 2.67. The van der Waals surface area contributed by atoms with E-state index < -0.39 is 0 Å². The van der Waals surface area contributed by atoms with Crippen molar-refractivity contribution < 1.29 is 9.90 Å². The van der Waals surface area contributed by atoms with Crippen molar-refractivity contribution in [2.24, 2.45) is 34.5 Å². The summed E-state index contributed by atoms with van der Waals surface area (Å²) in [5.74, 6) is 3.51. The Bertz CT molecular complexity index is 617. The van der Waals surface area contributed by atoms with E-state index in [0.29, 0.717) is 35.9 Å². The molecule has 4 heteroatoms. The van der Waals surface area contributed by atoms with Gasteiger partial charge in [0, 0.05) is 17.4 Å². The number of carbonyl (C=O) groups is 1. The van der Waals surface area contributed by atoms with Crippen molar-refractivity contribution in [3.05, 3.63) is 11.6 Å². The maximum atomic E-state index is 12.2. The molecule has 26 heavy (non-hydrogen) atoms. The van der Waals surface area contributed by atoms with Gasteiger partial charge in [0.05, 0.1) is 6.10 Å². The van der Waals surface area contributed by atoms with Crippen LogP contribution < -0.4 is 0 Å². The largest absolute Gasteiger partial charge is 0.392 e. The highest BCUT2D eigenvalue weighted by Gasteiger charge is 2.61. The number of aliphatic hydroxyl groups excluding tert-OH is 1. The molecule has 0 amide bonds. The summed E-state index contributed by atoms with van der Waals surface area (Å²) in [6.45, 7) is 4.58. The maximum absolute atomic E-state index is 12.2. The van der Waals surface area contributed by atoms with Crippen molar-refractivity contribution in [1.29, 1.82) is 0 Å². The second-order valence-corrected chi connectivity index (χ2v) is 11.0. The van der Waals surface area contributed by atoms with E-state index in [9.17, 15) is 9.90 Å². The minimum atomic E-state index is -0.149. The van der Waals surface area contributed by atoms with Crippen molar-refractivity contribution >= 4 is 31.0 Å². The van der Waals surface area contributed by atoms with E-state index in [2.05, 4.69) is 26.5 Å². The normalized spacial score (nSPS) is 49.0. The van der Waals surface area contributed by atoms with Crippen molar-refractivity contribution in [2.45, 2.75) is 76.6 Å². The summed E-state index contributed by atoms with van der Waals surface area (Å²) in [4.78, 5) is 12.2. The Hall–Kier alpha value is 0.0700. The molecule has 0 aromatic carbocycles. The molecule has 0 bridgehead atoms. The first-order valence-corrected chi connectivity index (χ1v) is 11.7. The molecule has 4 aliphatic rings. The second-order valence-electron chi connectivity index (χ2n) is 9.95. The van der Waals surface area contributed by atoms with Gasteiger partial charge >= 0.3 is 0 Å². The number of thiol groups is 2. The van der Waals surface area contributed by atoms with Crippen LogP contribution >= 0.6 is 25.3 Å². The third-order valence-corrected chi connectivity index (χ3v) is 9.87. The molecule has 0 aliphatic heterocycles. The van der Waals surface area contributed by atoms with Crippen LogP contribution in [0.25, 0.3) is 0 Å². The van der Waals surface area contributed by atoms with E-state index in [4.69, 9.17) is 12.6 Å². The zero-order valence-electron chi connectivity index (χ0n) is 16.2. The van der Waals surface area contributed by atoms with E-state index in [-0.39, 0.29) is 22.2 Å². The number of rotatable bonds is 3. The van der Waals surface area contributed by atoms with E-state index in [1.54, 1.807) is 0 Å². The Morgan fingerprint density at radius 3 is 2.77 bits per heavy atom. The van der Waals surface area contributed by atoms with Crippen LogP contribution in [0, 0.1) is 34.5 Å². The number of fused-ring (bicyclic) bond motifs is 5. The Morgan fingerprint density at radius 1 is 1.27 bits per heavy atom. The molecular formula is C22H34O2S2. The quantitative estimate of drug-likeness (QED) is 0.606. The van der Waals surface area contributed by atoms with Gasteiger partial charge in [0.2, 0.25) is 0 Å². The predicted molar refractivity (Wildman–Crippen MR) is 113 cm³/mol. The van der Waals surface area contributed by atoms with Crippen LogP contribution in [0.15, 0.2) is 11.6 Å². The first kappa shape index (κ1) is 19.4. The minimum absolute atomic E-state index is 0.0946. The number of carbonyl (C=O) groups excluding carboxylic acids is 1. The first-order valence-electron chi connectivity index (χ1n) is 10.5. The molecule has 8 atom stereocenters. The molecule has 4 rings (SSSR count). The van der Waals surface area contributed by atoms with Crippen molar-refractivity contribution in [2.75, 3.05) is 5.75 Å². The molecule has 0 saturated heterocycles. The topological polar surface area (TPSA) is 37.3 Å². The fourth-order valence-corrected chi connectivity index (χ4v) is 8.02. The Morgan fingerprint density at radius 2 is 2.04 bits per heavy atom. The molecule has 0 aromatic rings. The fraction of sp³-hybridized carbons (Fsp3) is 0.864. The molecule has 1 N–H and O–H groups in total. The molecule has 2 nitrogen and oxygen atoms in total. The summed E-state index contributed by atoms with van der Waals surface area (Å²) in [5, 5.41) is 11.2. The molecule has 3 fully saturated rings. The third-order valence-electron chi connectivity index (χ3n) is 8.77. The fourth-order valence-electron chi connectivity index (χ4n) is 7.57. The lowest BCUT2D eigenvalue weighted by atomic mass is 9.46. The number of aliphatic hydroxyl groups is 1. The lowest BCUT2D eigenvalue weighted by molar-refractivity contribution is -0.118. The molecule has 0 radical (unpaired) electrons. The van der Waals surface area contributed by atoms with Crippen LogP contribution in [0.1, 0.15) is 65.2 Å². The van der Waals surface area contributed by atoms with Gasteiger partial charge < -0.3 is 5.11 Å². The Labute approximate surface area is 169 Å². The molecule has 0 spiro atoms. The van der Waals surface area contributed by atoms with Gasteiger partial charge in [0.15, 0.2) is 5.78 Å². The molecule has 0 aromatic heterocycles. The highest BCUT2D eigenvalue weighted by atomic mass is 32.1. The van der Waals surface area contributed by atoms with Gasteiger partial charge in [-0.15, -0.1) is 0 Å². The molecule has 4 aliphatic carbocycles. The summed E-state index contributed by atoms with van der Waals surface area (Å²) in [5.41, 5.74) is 1.67. The Kier molecular flexibility index (Phi) is 5.10. The standard InChI is InChI=1S/C22H34O2S2/c1-13-9-19-17-4-3-14-10-15(23)5-8-22(14,11-16(26)12-25)18(17)6-7-21(19,2)20(13)24/h10,13,16-20,24-26H,3-9,11-12H2,1-2H3/t13?,16?,17-,18-,19+,20?,21+,22-/m1/s1. The van der Waals surface area contributed by atoms with Gasteiger partial charge in [-0.2, -0.15) is 25.3 Å². The van der Waals surface area contributed by atoms with Crippen LogP contribution in [-0.2, 0) is 4.79 Å². The Balaban J connectivity index is 1.71. The second kappa shape index (κ2) is 6.84. The van der Waals surface area contributed by atoms with E-state index in [1.807, 2.05) is 6.08 Å². The summed E-state index contributed by atoms with van der Waals surface area (Å²) in [7, 11) is 0. The molecule has 146 valence electrons. The zero-order chi connectivity index (χ0) is 18.7. The van der Waals surface area contributed by atoms with Crippen LogP contribution in [0.2, 0.25) is 0 Å². The molecular weight excluding hydrogens is 360 g/mol. The molecule has 0 heterocycles. The van der Waals surface area contributed by atoms with Crippen molar-refractivity contribution in [3.8, 4) is 0 Å². The lowest BCUT2D eigenvalue weighted by Gasteiger charge is -2.59. The van der Waals surface area contributed by atoms with E-state index >= 15 is 0 Å². The van der Waals surface area contributed by atoms with Gasteiger partial charge in [-0.25, -0.2) is 0 Å². The summed E-state index contributed by atoms with van der Waals surface area (Å²) in [6.07, 6.45) is 10.4. The molecule has 3 unspecified atom stereocenters. The zero-order valence-corrected chi connectivity index (χ0v) is 17.9. The van der Waals surface area contributed by atoms with Crippen molar-refractivity contribution in [1.82, 2.24) is 0 Å². The summed E-state index contributed by atoms with van der Waals surface area (Å²) in [6, 6.07) is 0. The average Bonchev–Trinajstić information content (AvgIpc) is 2.85. The SMILES string of the molecule is CC1C[C@H]2[C@@H]3CCC4=CC(=O)CC[C@]4(CC(S)CS)[C@@H]3CC[C@]2(C)C1O. The maximum Gasteiger partial charge on any atom is 0.155 e. The van der Waals surface area contributed by atoms with Gasteiger partial charge in [-0.1, -0.05) is 19.4 Å². The van der Waals surface area contributed by atoms with Gasteiger partial charge in [-0.3, -0.25) is 4.79 Å². The first-order chi connectivity index (χ1) is 12.3. The van der Waals surface area contributed by atoms with Gasteiger partial charge in [0.25, 0.3) is 0 Å². The van der Waals surface area contributed by atoms with Crippen LogP contribution in [0.3, 0.4) is 0 Å². The summed E-state index contributed by atoms with van der Waals surface area (Å²) < 4.78 is 0. The van der Waals surface area contributed by atoms with Crippen LogP contribution in [0.5, 0.6) is 0 Å². The van der Waals surface area contributed by atoms with Gasteiger partial charge in [0.1, 0.15) is 0 Å². The predicted octanol–water partition coefficient (Wildman–Crippen LogP) is 4.72.